The monoisotopic (exact) mass is 531 g/mol. The zero-order chi connectivity index (χ0) is 27.4. The number of amides is 2. The van der Waals surface area contributed by atoms with Crippen molar-refractivity contribution in [1.29, 1.82) is 0 Å². The Bertz CT molecular complexity index is 1190. The lowest BCUT2D eigenvalue weighted by molar-refractivity contribution is -0.139. The fourth-order valence-corrected chi connectivity index (χ4v) is 5.35. The molecule has 0 saturated heterocycles. The van der Waals surface area contributed by atoms with Gasteiger partial charge in [0.1, 0.15) is 18.4 Å². The number of sulfonamides is 1. The molecule has 1 atom stereocenters. The number of rotatable bonds is 9. The van der Waals surface area contributed by atoms with Crippen molar-refractivity contribution in [3.63, 3.8) is 0 Å². The second-order valence-electron chi connectivity index (χ2n) is 10.9. The molecule has 0 heterocycles. The van der Waals surface area contributed by atoms with Crippen LogP contribution in [0.4, 0.5) is 10.1 Å². The van der Waals surface area contributed by atoms with Crippen LogP contribution in [-0.4, -0.2) is 50.0 Å². The van der Waals surface area contributed by atoms with Crippen LogP contribution in [0.2, 0.25) is 0 Å². The van der Waals surface area contributed by atoms with Crippen LogP contribution in [0.5, 0.6) is 0 Å². The van der Waals surface area contributed by atoms with Gasteiger partial charge in [0.2, 0.25) is 21.8 Å². The van der Waals surface area contributed by atoms with Gasteiger partial charge >= 0.3 is 0 Å². The molecule has 0 spiro atoms. The van der Waals surface area contributed by atoms with Crippen molar-refractivity contribution >= 4 is 27.5 Å². The molecule has 1 aliphatic carbocycles. The Kier molecular flexibility index (Phi) is 9.00. The Morgan fingerprint density at radius 2 is 1.59 bits per heavy atom. The molecule has 1 aliphatic rings. The van der Waals surface area contributed by atoms with E-state index in [4.69, 9.17) is 0 Å². The third-order valence-electron chi connectivity index (χ3n) is 6.84. The summed E-state index contributed by atoms with van der Waals surface area (Å²) in [5, 5.41) is 3.02. The van der Waals surface area contributed by atoms with Crippen LogP contribution in [0.3, 0.4) is 0 Å². The predicted molar refractivity (Wildman–Crippen MR) is 144 cm³/mol. The number of carbonyl (C=O) groups excluding carboxylic acids is 2. The number of nitrogens with one attached hydrogen (secondary N) is 1. The van der Waals surface area contributed by atoms with Crippen LogP contribution in [0.1, 0.15) is 64.5 Å². The molecule has 2 amide bonds. The Morgan fingerprint density at radius 3 is 2.11 bits per heavy atom. The van der Waals surface area contributed by atoms with Gasteiger partial charge in [0.15, 0.2) is 0 Å². The Balaban J connectivity index is 1.87. The van der Waals surface area contributed by atoms with E-state index in [0.29, 0.717) is 11.3 Å². The van der Waals surface area contributed by atoms with Crippen LogP contribution in [-0.2, 0) is 31.6 Å². The zero-order valence-corrected chi connectivity index (χ0v) is 23.1. The van der Waals surface area contributed by atoms with Crippen molar-refractivity contribution in [2.45, 2.75) is 77.4 Å². The molecule has 1 fully saturated rings. The van der Waals surface area contributed by atoms with Crippen LogP contribution in [0.15, 0.2) is 48.5 Å². The summed E-state index contributed by atoms with van der Waals surface area (Å²) in [6, 6.07) is 12.0. The number of carbonyl (C=O) groups is 2. The van der Waals surface area contributed by atoms with E-state index >= 15 is 0 Å². The molecule has 7 nitrogen and oxygen atoms in total. The van der Waals surface area contributed by atoms with Gasteiger partial charge in [-0.3, -0.25) is 13.9 Å². The van der Waals surface area contributed by atoms with Crippen molar-refractivity contribution in [3.8, 4) is 0 Å². The highest BCUT2D eigenvalue weighted by molar-refractivity contribution is 7.92. The number of halogens is 1. The maximum atomic E-state index is 13.6. The SMILES string of the molecule is C[C@H](C(=O)NC1CCCC1)N(Cc1ccc(F)cc1)C(=O)CN(c1ccc(C(C)(C)C)cc1)S(C)(=O)=O. The quantitative estimate of drug-likeness (QED) is 0.521. The maximum absolute atomic E-state index is 13.6. The Morgan fingerprint density at radius 1 is 1.03 bits per heavy atom. The van der Waals surface area contributed by atoms with Crippen LogP contribution in [0.25, 0.3) is 0 Å². The van der Waals surface area contributed by atoms with Gasteiger partial charge in [0.05, 0.1) is 11.9 Å². The fraction of sp³-hybridized carbons (Fsp3) is 0.500. The van der Waals surface area contributed by atoms with E-state index in [-0.39, 0.29) is 23.9 Å². The molecule has 0 aliphatic heterocycles. The van der Waals surface area contributed by atoms with Crippen molar-refractivity contribution < 1.29 is 22.4 Å². The molecular weight excluding hydrogens is 493 g/mol. The second kappa shape index (κ2) is 11.6. The average molecular weight is 532 g/mol. The van der Waals surface area contributed by atoms with Gasteiger partial charge in [-0.25, -0.2) is 12.8 Å². The average Bonchev–Trinajstić information content (AvgIpc) is 3.33. The Labute approximate surface area is 220 Å². The molecule has 202 valence electrons. The molecule has 2 aromatic carbocycles. The molecule has 0 unspecified atom stereocenters. The van der Waals surface area contributed by atoms with Gasteiger partial charge in [-0.2, -0.15) is 0 Å². The molecule has 9 heteroatoms. The van der Waals surface area contributed by atoms with Gasteiger partial charge in [0.25, 0.3) is 0 Å². The fourth-order valence-electron chi connectivity index (χ4n) is 4.50. The second-order valence-corrected chi connectivity index (χ2v) is 12.8. The van der Waals surface area contributed by atoms with Crippen LogP contribution >= 0.6 is 0 Å². The molecule has 0 bridgehead atoms. The van der Waals surface area contributed by atoms with Crippen molar-refractivity contribution in [1.82, 2.24) is 10.2 Å². The van der Waals surface area contributed by atoms with E-state index in [9.17, 15) is 22.4 Å². The first-order chi connectivity index (χ1) is 17.3. The van der Waals surface area contributed by atoms with Gasteiger partial charge < -0.3 is 10.2 Å². The Hall–Kier alpha value is -2.94. The topological polar surface area (TPSA) is 86.8 Å². The summed E-state index contributed by atoms with van der Waals surface area (Å²) < 4.78 is 40.0. The molecule has 0 radical (unpaired) electrons. The first kappa shape index (κ1) is 28.6. The molecule has 3 rings (SSSR count). The first-order valence-electron chi connectivity index (χ1n) is 12.7. The van der Waals surface area contributed by atoms with Crippen LogP contribution < -0.4 is 9.62 Å². The van der Waals surface area contributed by atoms with Gasteiger partial charge in [-0.15, -0.1) is 0 Å². The lowest BCUT2D eigenvalue weighted by Crippen LogP contribution is -2.52. The maximum Gasteiger partial charge on any atom is 0.244 e. The third-order valence-corrected chi connectivity index (χ3v) is 7.98. The van der Waals surface area contributed by atoms with E-state index in [1.165, 1.54) is 17.0 Å². The molecule has 0 aromatic heterocycles. The smallest absolute Gasteiger partial charge is 0.244 e. The number of benzene rings is 2. The zero-order valence-electron chi connectivity index (χ0n) is 22.3. The lowest BCUT2D eigenvalue weighted by atomic mass is 9.87. The van der Waals surface area contributed by atoms with Gasteiger partial charge in [-0.1, -0.05) is 57.9 Å². The molecule has 37 heavy (non-hydrogen) atoms. The van der Waals surface area contributed by atoms with Crippen molar-refractivity contribution in [2.75, 3.05) is 17.1 Å². The number of anilines is 1. The highest BCUT2D eigenvalue weighted by atomic mass is 32.2. The number of hydrogen-bond donors (Lipinski definition) is 1. The van der Waals surface area contributed by atoms with E-state index in [1.54, 1.807) is 31.2 Å². The minimum atomic E-state index is -3.80. The predicted octanol–water partition coefficient (Wildman–Crippen LogP) is 4.37. The minimum absolute atomic E-state index is 0.0406. The van der Waals surface area contributed by atoms with Gasteiger partial charge in [0, 0.05) is 12.6 Å². The lowest BCUT2D eigenvalue weighted by Gasteiger charge is -2.32. The third kappa shape index (κ3) is 7.77. The van der Waals surface area contributed by atoms with Gasteiger partial charge in [-0.05, 0) is 60.6 Å². The van der Waals surface area contributed by atoms with E-state index < -0.39 is 34.3 Å². The van der Waals surface area contributed by atoms with E-state index in [0.717, 1.165) is 41.8 Å². The van der Waals surface area contributed by atoms with E-state index in [2.05, 4.69) is 26.1 Å². The highest BCUT2D eigenvalue weighted by Crippen LogP contribution is 2.26. The summed E-state index contributed by atoms with van der Waals surface area (Å²) in [5.74, 6) is -1.22. The molecule has 1 N–H and O–H groups in total. The largest absolute Gasteiger partial charge is 0.352 e. The highest BCUT2D eigenvalue weighted by Gasteiger charge is 2.31. The van der Waals surface area contributed by atoms with E-state index in [1.807, 2.05) is 12.1 Å². The summed E-state index contributed by atoms with van der Waals surface area (Å²) in [7, 11) is -3.80. The van der Waals surface area contributed by atoms with Crippen LogP contribution in [0, 0.1) is 5.82 Å². The summed E-state index contributed by atoms with van der Waals surface area (Å²) in [5.41, 5.74) is 1.92. The first-order valence-corrected chi connectivity index (χ1v) is 14.5. The normalized spacial score (nSPS) is 15.3. The summed E-state index contributed by atoms with van der Waals surface area (Å²) in [4.78, 5) is 28.1. The molecular formula is C28H38FN3O4S. The summed E-state index contributed by atoms with van der Waals surface area (Å²) in [6.45, 7) is 7.39. The van der Waals surface area contributed by atoms with Crippen molar-refractivity contribution in [2.24, 2.45) is 0 Å². The molecule has 1 saturated carbocycles. The van der Waals surface area contributed by atoms with Crippen molar-refractivity contribution in [3.05, 3.63) is 65.5 Å². The summed E-state index contributed by atoms with van der Waals surface area (Å²) in [6.07, 6.45) is 4.95. The number of hydrogen-bond acceptors (Lipinski definition) is 4. The summed E-state index contributed by atoms with van der Waals surface area (Å²) >= 11 is 0. The number of nitrogens with zero attached hydrogens (tertiary/aromatic N) is 2. The minimum Gasteiger partial charge on any atom is -0.352 e. The molecule has 2 aromatic rings. The standard InChI is InChI=1S/C28H38FN3O4S/c1-20(27(34)30-24-8-6-7-9-24)31(18-21-10-14-23(29)15-11-21)26(33)19-32(37(5,35)36)25-16-12-22(13-17-25)28(2,3)4/h10-17,20,24H,6-9,18-19H2,1-5H3,(H,30,34)/t20-/m1/s1.